The van der Waals surface area contributed by atoms with Crippen molar-refractivity contribution in [2.75, 3.05) is 0 Å². The van der Waals surface area contributed by atoms with Crippen LogP contribution in [0.25, 0.3) is 0 Å². The molecule has 15 heavy (non-hydrogen) atoms. The fourth-order valence-electron chi connectivity index (χ4n) is 1.31. The van der Waals surface area contributed by atoms with E-state index in [0.29, 0.717) is 9.94 Å². The number of aryl methyl sites for hydroxylation is 1. The minimum absolute atomic E-state index is 0.357. The van der Waals surface area contributed by atoms with E-state index in [9.17, 15) is 15.1 Å². The highest BCUT2D eigenvalue weighted by Gasteiger charge is 2.27. The fourth-order valence-corrected chi connectivity index (χ4v) is 2.37. The largest absolute Gasteiger partial charge is 0.391 e. The number of urea groups is 1. The molecule has 0 bridgehead atoms. The number of primary amides is 1. The summed E-state index contributed by atoms with van der Waals surface area (Å²) in [5, 5.41) is 19.3. The van der Waals surface area contributed by atoms with Gasteiger partial charge in [-0.3, -0.25) is 5.21 Å². The molecule has 0 spiro atoms. The molecule has 4 N–H and O–H groups in total. The second-order valence-corrected chi connectivity index (χ2v) is 4.64. The molecule has 0 saturated carbocycles. The Labute approximate surface area is 91.7 Å². The lowest BCUT2D eigenvalue weighted by atomic mass is 10.1. The Morgan fingerprint density at radius 3 is 2.53 bits per heavy atom. The molecule has 0 fully saturated rings. The Morgan fingerprint density at radius 2 is 2.20 bits per heavy atom. The first kappa shape index (κ1) is 12.0. The maximum absolute atomic E-state index is 10.8. The zero-order valence-electron chi connectivity index (χ0n) is 8.54. The number of hydroxylamine groups is 2. The zero-order chi connectivity index (χ0) is 11.6. The van der Waals surface area contributed by atoms with Crippen molar-refractivity contribution in [2.45, 2.75) is 26.0 Å². The topological polar surface area (TPSA) is 86.8 Å². The van der Waals surface area contributed by atoms with E-state index >= 15 is 0 Å². The summed E-state index contributed by atoms with van der Waals surface area (Å²) in [6.45, 7) is 3.39. The van der Waals surface area contributed by atoms with Gasteiger partial charge in [0.2, 0.25) is 0 Å². The molecule has 0 aliphatic carbocycles. The van der Waals surface area contributed by atoms with Gasteiger partial charge in [0.05, 0.1) is 6.10 Å². The number of amides is 2. The fraction of sp³-hybridized carbons (Fsp3) is 0.444. The summed E-state index contributed by atoms with van der Waals surface area (Å²) in [4.78, 5) is 12.6. The van der Waals surface area contributed by atoms with Crippen LogP contribution in [0.5, 0.6) is 0 Å². The summed E-state index contributed by atoms with van der Waals surface area (Å²) in [6.07, 6.45) is -0.888. The van der Waals surface area contributed by atoms with E-state index in [1.165, 1.54) is 18.3 Å². The predicted octanol–water partition coefficient (Wildman–Crippen LogP) is 1.25. The molecule has 0 aliphatic rings. The number of thiophene rings is 1. The maximum Gasteiger partial charge on any atom is 0.339 e. The quantitative estimate of drug-likeness (QED) is 0.539. The monoisotopic (exact) mass is 230 g/mol. The van der Waals surface area contributed by atoms with Crippen LogP contribution in [0.1, 0.15) is 22.7 Å². The first-order valence-corrected chi connectivity index (χ1v) is 5.27. The van der Waals surface area contributed by atoms with E-state index in [0.717, 1.165) is 4.88 Å². The van der Waals surface area contributed by atoms with Gasteiger partial charge in [-0.15, -0.1) is 11.3 Å². The van der Waals surface area contributed by atoms with Crippen molar-refractivity contribution in [3.63, 3.8) is 0 Å². The van der Waals surface area contributed by atoms with Gasteiger partial charge in [-0.05, 0) is 26.0 Å². The minimum Gasteiger partial charge on any atom is -0.391 e. The standard InChI is InChI=1S/C9H14N2O3S/c1-5-3-4-7(15-5)8(6(2)12)11(14)9(10)13/h3-4,6,8,12,14H,1-2H3,(H2,10,13). The lowest BCUT2D eigenvalue weighted by Crippen LogP contribution is -2.40. The molecule has 1 aromatic heterocycles. The van der Waals surface area contributed by atoms with E-state index in [1.807, 2.05) is 13.0 Å². The molecule has 1 heterocycles. The molecule has 0 aromatic carbocycles. The third kappa shape index (κ3) is 2.68. The van der Waals surface area contributed by atoms with Crippen LogP contribution < -0.4 is 5.73 Å². The smallest absolute Gasteiger partial charge is 0.339 e. The number of hydrogen-bond donors (Lipinski definition) is 3. The molecule has 84 valence electrons. The van der Waals surface area contributed by atoms with Gasteiger partial charge in [0.15, 0.2) is 0 Å². The van der Waals surface area contributed by atoms with Crippen molar-refractivity contribution in [1.82, 2.24) is 5.06 Å². The van der Waals surface area contributed by atoms with E-state index in [-0.39, 0.29) is 0 Å². The van der Waals surface area contributed by atoms with Gasteiger partial charge >= 0.3 is 6.03 Å². The van der Waals surface area contributed by atoms with Crippen LogP contribution in [0.2, 0.25) is 0 Å². The van der Waals surface area contributed by atoms with Gasteiger partial charge in [-0.1, -0.05) is 0 Å². The summed E-state index contributed by atoms with van der Waals surface area (Å²) in [6, 6.07) is 1.82. The molecule has 1 aromatic rings. The lowest BCUT2D eigenvalue weighted by molar-refractivity contribution is -0.107. The molecule has 1 rings (SSSR count). The Morgan fingerprint density at radius 1 is 1.60 bits per heavy atom. The Kier molecular flexibility index (Phi) is 3.67. The van der Waals surface area contributed by atoms with Crippen LogP contribution in [0.4, 0.5) is 4.79 Å². The van der Waals surface area contributed by atoms with Crippen molar-refractivity contribution < 1.29 is 15.1 Å². The molecule has 5 nitrogen and oxygen atoms in total. The lowest BCUT2D eigenvalue weighted by Gasteiger charge is -2.25. The number of nitrogens with two attached hydrogens (primary N) is 1. The van der Waals surface area contributed by atoms with Gasteiger partial charge in [0, 0.05) is 9.75 Å². The average Bonchev–Trinajstić information content (AvgIpc) is 2.51. The number of hydrogen-bond acceptors (Lipinski definition) is 4. The van der Waals surface area contributed by atoms with Crippen molar-refractivity contribution in [3.8, 4) is 0 Å². The number of carbonyl (C=O) groups is 1. The van der Waals surface area contributed by atoms with Crippen LogP contribution in [0.3, 0.4) is 0 Å². The van der Waals surface area contributed by atoms with Gasteiger partial charge in [0.25, 0.3) is 0 Å². The highest BCUT2D eigenvalue weighted by molar-refractivity contribution is 7.12. The van der Waals surface area contributed by atoms with Crippen LogP contribution in [0.15, 0.2) is 12.1 Å². The molecule has 6 heteroatoms. The van der Waals surface area contributed by atoms with Gasteiger partial charge < -0.3 is 10.8 Å². The molecular weight excluding hydrogens is 216 g/mol. The Balaban J connectivity index is 2.98. The van der Waals surface area contributed by atoms with Gasteiger partial charge in [-0.25, -0.2) is 4.79 Å². The molecule has 0 saturated heterocycles. The third-order valence-electron chi connectivity index (χ3n) is 2.00. The Hall–Kier alpha value is -1.11. The maximum atomic E-state index is 10.8. The molecular formula is C9H14N2O3S. The van der Waals surface area contributed by atoms with E-state index in [4.69, 9.17) is 5.73 Å². The number of aliphatic hydroxyl groups is 1. The van der Waals surface area contributed by atoms with Crippen molar-refractivity contribution in [3.05, 3.63) is 21.9 Å². The SMILES string of the molecule is Cc1ccc(C(C(C)O)N(O)C(N)=O)s1. The van der Waals surface area contributed by atoms with Crippen LogP contribution in [-0.2, 0) is 0 Å². The highest BCUT2D eigenvalue weighted by atomic mass is 32.1. The molecule has 2 amide bonds. The molecule has 0 aliphatic heterocycles. The Bertz CT molecular complexity index is 351. The first-order valence-electron chi connectivity index (χ1n) is 4.45. The summed E-state index contributed by atoms with van der Waals surface area (Å²) in [5.41, 5.74) is 4.95. The van der Waals surface area contributed by atoms with Crippen LogP contribution in [-0.4, -0.2) is 27.5 Å². The van der Waals surface area contributed by atoms with Crippen molar-refractivity contribution >= 4 is 17.4 Å². The van der Waals surface area contributed by atoms with E-state index in [2.05, 4.69) is 0 Å². The number of rotatable bonds is 3. The predicted molar refractivity (Wildman–Crippen MR) is 56.7 cm³/mol. The van der Waals surface area contributed by atoms with Gasteiger partial charge in [-0.2, -0.15) is 5.06 Å². The number of carbonyl (C=O) groups excluding carboxylic acids is 1. The number of aliphatic hydroxyl groups excluding tert-OH is 1. The van der Waals surface area contributed by atoms with Crippen LogP contribution in [0, 0.1) is 6.92 Å². The molecule has 0 radical (unpaired) electrons. The van der Waals surface area contributed by atoms with Crippen LogP contribution >= 0.6 is 11.3 Å². The van der Waals surface area contributed by atoms with E-state index in [1.54, 1.807) is 6.07 Å². The second-order valence-electron chi connectivity index (χ2n) is 3.32. The summed E-state index contributed by atoms with van der Waals surface area (Å²) in [7, 11) is 0. The summed E-state index contributed by atoms with van der Waals surface area (Å²) >= 11 is 1.40. The normalized spacial score (nSPS) is 14.7. The highest BCUT2D eigenvalue weighted by Crippen LogP contribution is 2.29. The zero-order valence-corrected chi connectivity index (χ0v) is 9.36. The first-order chi connectivity index (χ1) is 6.93. The van der Waals surface area contributed by atoms with Crippen molar-refractivity contribution in [2.24, 2.45) is 5.73 Å². The molecule has 2 atom stereocenters. The van der Waals surface area contributed by atoms with E-state index < -0.39 is 18.2 Å². The average molecular weight is 230 g/mol. The second kappa shape index (κ2) is 4.61. The number of nitrogens with zero attached hydrogens (tertiary/aromatic N) is 1. The summed E-state index contributed by atoms with van der Waals surface area (Å²) in [5.74, 6) is 0. The summed E-state index contributed by atoms with van der Waals surface area (Å²) < 4.78 is 0. The van der Waals surface area contributed by atoms with Gasteiger partial charge in [0.1, 0.15) is 6.04 Å². The van der Waals surface area contributed by atoms with Crippen molar-refractivity contribution in [1.29, 1.82) is 0 Å². The third-order valence-corrected chi connectivity index (χ3v) is 3.07. The molecule has 2 unspecified atom stereocenters. The minimum atomic E-state index is -0.980.